The highest BCUT2D eigenvalue weighted by Gasteiger charge is 2.05. The van der Waals surface area contributed by atoms with Crippen LogP contribution in [-0.4, -0.2) is 7.11 Å². The molecule has 0 spiro atoms. The van der Waals surface area contributed by atoms with Crippen LogP contribution in [0.25, 0.3) is 0 Å². The Hall–Kier alpha value is -1.60. The van der Waals surface area contributed by atoms with Crippen LogP contribution in [0.1, 0.15) is 71.1 Å². The van der Waals surface area contributed by atoms with Crippen molar-refractivity contribution in [3.8, 4) is 0 Å². The molecule has 1 heteroatoms. The summed E-state index contributed by atoms with van der Waals surface area (Å²) in [5.74, 6) is 0. The first-order valence-corrected chi connectivity index (χ1v) is 10.00. The third-order valence-electron chi connectivity index (χ3n) is 3.41. The fraction of sp³-hybridized carbons (Fsp3) is 0.500. The van der Waals surface area contributed by atoms with Crippen molar-refractivity contribution in [1.82, 2.24) is 0 Å². The maximum absolute atomic E-state index is 4.93. The largest absolute Gasteiger partial charge is 0.380 e. The van der Waals surface area contributed by atoms with E-state index in [9.17, 15) is 0 Å². The Labute approximate surface area is 157 Å². The molecule has 0 atom stereocenters. The summed E-state index contributed by atoms with van der Waals surface area (Å²) in [6.07, 6.45) is 5.38. The molecule has 1 aliphatic rings. The minimum Gasteiger partial charge on any atom is -0.380 e. The highest BCUT2D eigenvalue weighted by molar-refractivity contribution is 5.28. The minimum atomic E-state index is 0.709. The van der Waals surface area contributed by atoms with Gasteiger partial charge in [-0.2, -0.15) is 0 Å². The van der Waals surface area contributed by atoms with Crippen molar-refractivity contribution in [2.24, 2.45) is 0 Å². The van der Waals surface area contributed by atoms with Crippen molar-refractivity contribution in [3.05, 3.63) is 71.3 Å². The van der Waals surface area contributed by atoms with Gasteiger partial charge >= 0.3 is 0 Å². The van der Waals surface area contributed by atoms with Crippen LogP contribution in [0.5, 0.6) is 0 Å². The van der Waals surface area contributed by atoms with Gasteiger partial charge in [0.1, 0.15) is 0 Å². The van der Waals surface area contributed by atoms with E-state index in [1.54, 1.807) is 18.2 Å². The van der Waals surface area contributed by atoms with E-state index >= 15 is 0 Å². The van der Waals surface area contributed by atoms with Crippen LogP contribution < -0.4 is 0 Å². The number of ether oxygens (including phenoxy) is 1. The number of rotatable bonds is 2. The van der Waals surface area contributed by atoms with Gasteiger partial charge in [0, 0.05) is 7.11 Å². The first-order chi connectivity index (χ1) is 12.4. The van der Waals surface area contributed by atoms with E-state index in [-0.39, 0.29) is 0 Å². The van der Waals surface area contributed by atoms with Gasteiger partial charge in [0.05, 0.1) is 6.61 Å². The molecule has 2 aromatic carbocycles. The lowest BCUT2D eigenvalue weighted by Crippen LogP contribution is -2.00. The topological polar surface area (TPSA) is 9.23 Å². The molecule has 0 radical (unpaired) electrons. The standard InChI is InChI=1S/C10H12.C8H10O.3C2H6/c1-2-6-10-8-4-3-7-9(10)5-1;1-9-7-8-5-3-2-4-6-8;3*1-2/h1-2,5-6H,3-4,7-8H2;2-6H,7H2,1H3;3*1-2H3. The van der Waals surface area contributed by atoms with E-state index in [1.165, 1.54) is 31.2 Å². The molecule has 0 saturated heterocycles. The van der Waals surface area contributed by atoms with Gasteiger partial charge in [0.25, 0.3) is 0 Å². The van der Waals surface area contributed by atoms with Gasteiger partial charge in [-0.3, -0.25) is 0 Å². The summed E-state index contributed by atoms with van der Waals surface area (Å²) >= 11 is 0. The molecule has 1 nitrogen and oxygen atoms in total. The SMILES string of the molecule is CC.CC.CC.COCc1ccccc1.c1ccc2c(c1)CCCC2. The maximum atomic E-state index is 4.93. The molecular formula is C24H40O. The number of hydrogen-bond acceptors (Lipinski definition) is 1. The van der Waals surface area contributed by atoms with Crippen molar-refractivity contribution in [3.63, 3.8) is 0 Å². The zero-order chi connectivity index (χ0) is 19.3. The van der Waals surface area contributed by atoms with Crippen molar-refractivity contribution in [2.75, 3.05) is 7.11 Å². The quantitative estimate of drug-likeness (QED) is 0.548. The molecule has 0 aromatic heterocycles. The van der Waals surface area contributed by atoms with Gasteiger partial charge in [-0.15, -0.1) is 0 Å². The fourth-order valence-corrected chi connectivity index (χ4v) is 2.42. The highest BCUT2D eigenvalue weighted by atomic mass is 16.5. The average Bonchev–Trinajstić information content (AvgIpc) is 2.74. The lowest BCUT2D eigenvalue weighted by Gasteiger charge is -2.13. The second-order valence-electron chi connectivity index (χ2n) is 4.89. The fourth-order valence-electron chi connectivity index (χ4n) is 2.42. The maximum Gasteiger partial charge on any atom is 0.0713 e. The van der Waals surface area contributed by atoms with Crippen LogP contribution in [0.15, 0.2) is 54.6 Å². The molecule has 0 bridgehead atoms. The van der Waals surface area contributed by atoms with Crippen LogP contribution in [0.3, 0.4) is 0 Å². The van der Waals surface area contributed by atoms with Crippen LogP contribution in [0.4, 0.5) is 0 Å². The van der Waals surface area contributed by atoms with Gasteiger partial charge in [-0.05, 0) is 42.4 Å². The Morgan fingerprint density at radius 2 is 1.04 bits per heavy atom. The van der Waals surface area contributed by atoms with Crippen LogP contribution >= 0.6 is 0 Å². The number of aryl methyl sites for hydroxylation is 2. The van der Waals surface area contributed by atoms with Crippen LogP contribution in [-0.2, 0) is 24.2 Å². The summed E-state index contributed by atoms with van der Waals surface area (Å²) in [6, 6.07) is 18.9. The third kappa shape index (κ3) is 12.4. The van der Waals surface area contributed by atoms with E-state index in [0.29, 0.717) is 6.61 Å². The Kier molecular flexibility index (Phi) is 21.0. The first kappa shape index (κ1) is 25.6. The van der Waals surface area contributed by atoms with Crippen molar-refractivity contribution < 1.29 is 4.74 Å². The lowest BCUT2D eigenvalue weighted by molar-refractivity contribution is 0.185. The number of benzene rings is 2. The summed E-state index contributed by atoms with van der Waals surface area (Å²) < 4.78 is 4.93. The molecular weight excluding hydrogens is 304 g/mol. The molecule has 2 aromatic rings. The molecule has 0 heterocycles. The van der Waals surface area contributed by atoms with E-state index in [1.807, 2.05) is 71.9 Å². The summed E-state index contributed by atoms with van der Waals surface area (Å²) in [4.78, 5) is 0. The Morgan fingerprint density at radius 3 is 1.44 bits per heavy atom. The van der Waals surface area contributed by atoms with Gasteiger partial charge in [0.2, 0.25) is 0 Å². The average molecular weight is 345 g/mol. The lowest BCUT2D eigenvalue weighted by atomic mass is 9.92. The molecule has 0 unspecified atom stereocenters. The van der Waals surface area contributed by atoms with E-state index < -0.39 is 0 Å². The molecule has 25 heavy (non-hydrogen) atoms. The number of methoxy groups -OCH3 is 1. The number of fused-ring (bicyclic) bond motifs is 1. The first-order valence-electron chi connectivity index (χ1n) is 10.00. The van der Waals surface area contributed by atoms with Crippen molar-refractivity contribution in [1.29, 1.82) is 0 Å². The summed E-state index contributed by atoms with van der Waals surface area (Å²) in [5.41, 5.74) is 4.38. The van der Waals surface area contributed by atoms with Crippen LogP contribution in [0, 0.1) is 0 Å². The van der Waals surface area contributed by atoms with E-state index in [0.717, 1.165) is 0 Å². The Bertz CT molecular complexity index is 451. The second-order valence-corrected chi connectivity index (χ2v) is 4.89. The molecule has 0 N–H and O–H groups in total. The second kappa shape index (κ2) is 20.4. The summed E-state index contributed by atoms with van der Waals surface area (Å²) in [5, 5.41) is 0. The Balaban J connectivity index is 0. The molecule has 0 saturated carbocycles. The zero-order valence-corrected chi connectivity index (χ0v) is 17.6. The molecule has 3 rings (SSSR count). The molecule has 142 valence electrons. The van der Waals surface area contributed by atoms with Crippen LogP contribution in [0.2, 0.25) is 0 Å². The molecule has 1 aliphatic carbocycles. The number of hydrogen-bond donors (Lipinski definition) is 0. The van der Waals surface area contributed by atoms with Crippen molar-refractivity contribution in [2.45, 2.75) is 73.8 Å². The van der Waals surface area contributed by atoms with Gasteiger partial charge in [0.15, 0.2) is 0 Å². The summed E-state index contributed by atoms with van der Waals surface area (Å²) in [7, 11) is 1.70. The third-order valence-corrected chi connectivity index (χ3v) is 3.41. The monoisotopic (exact) mass is 344 g/mol. The summed E-state index contributed by atoms with van der Waals surface area (Å²) in [6.45, 7) is 12.7. The zero-order valence-electron chi connectivity index (χ0n) is 17.6. The van der Waals surface area contributed by atoms with E-state index in [2.05, 4.69) is 24.3 Å². The van der Waals surface area contributed by atoms with Crippen molar-refractivity contribution >= 4 is 0 Å². The normalized spacial score (nSPS) is 10.7. The smallest absolute Gasteiger partial charge is 0.0713 e. The van der Waals surface area contributed by atoms with Gasteiger partial charge < -0.3 is 4.74 Å². The minimum absolute atomic E-state index is 0.709. The highest BCUT2D eigenvalue weighted by Crippen LogP contribution is 2.19. The predicted octanol–water partition coefficient (Wildman–Crippen LogP) is 7.48. The van der Waals surface area contributed by atoms with Gasteiger partial charge in [-0.1, -0.05) is 96.1 Å². The molecule has 0 aliphatic heterocycles. The Morgan fingerprint density at radius 1 is 0.640 bits per heavy atom. The van der Waals surface area contributed by atoms with E-state index in [4.69, 9.17) is 4.74 Å². The predicted molar refractivity (Wildman–Crippen MR) is 114 cm³/mol. The molecule has 0 fully saturated rings. The molecule has 0 amide bonds. The van der Waals surface area contributed by atoms with Gasteiger partial charge in [-0.25, -0.2) is 0 Å².